The Morgan fingerprint density at radius 2 is 1.67 bits per heavy atom. The lowest BCUT2D eigenvalue weighted by Crippen LogP contribution is -2.39. The number of anilines is 1. The fourth-order valence-electron chi connectivity index (χ4n) is 1.50. The Balaban J connectivity index is 2.28. The van der Waals surface area contributed by atoms with Crippen molar-refractivity contribution in [3.05, 3.63) is 29.3 Å². The Morgan fingerprint density at radius 3 is 2.07 bits per heavy atom. The van der Waals surface area contributed by atoms with Gasteiger partial charge in [0, 0.05) is 16.8 Å². The van der Waals surface area contributed by atoms with Crippen molar-refractivity contribution in [2.45, 2.75) is 25.2 Å². The lowest BCUT2D eigenvalue weighted by molar-refractivity contribution is -0.130. The first kappa shape index (κ1) is 10.6. The van der Waals surface area contributed by atoms with Gasteiger partial charge in [0.25, 0.3) is 0 Å². The molecular formula is C10H9ClF3N. The summed E-state index contributed by atoms with van der Waals surface area (Å²) in [4.78, 5) is 0.503. The monoisotopic (exact) mass is 235 g/mol. The molecule has 0 atom stereocenters. The van der Waals surface area contributed by atoms with Crippen LogP contribution >= 0.6 is 11.6 Å². The van der Waals surface area contributed by atoms with Gasteiger partial charge < -0.3 is 0 Å². The van der Waals surface area contributed by atoms with Crippen LogP contribution in [0, 0.1) is 0 Å². The van der Waals surface area contributed by atoms with Gasteiger partial charge in [-0.15, -0.1) is 0 Å². The van der Waals surface area contributed by atoms with Crippen LogP contribution in [-0.2, 0) is 0 Å². The SMILES string of the molecule is FC(F)(F)N(c1ccc(Cl)cc1)C1CC1. The van der Waals surface area contributed by atoms with Crippen LogP contribution in [0.1, 0.15) is 12.8 Å². The topological polar surface area (TPSA) is 3.24 Å². The van der Waals surface area contributed by atoms with Gasteiger partial charge in [-0.3, -0.25) is 4.90 Å². The fraction of sp³-hybridized carbons (Fsp3) is 0.400. The normalized spacial score (nSPS) is 16.5. The Hall–Kier alpha value is -0.900. The van der Waals surface area contributed by atoms with Crippen molar-refractivity contribution in [2.24, 2.45) is 0 Å². The summed E-state index contributed by atoms with van der Waals surface area (Å²) in [5, 5.41) is 0.441. The van der Waals surface area contributed by atoms with E-state index in [1.54, 1.807) is 0 Å². The summed E-state index contributed by atoms with van der Waals surface area (Å²) in [7, 11) is 0. The van der Waals surface area contributed by atoms with E-state index in [0.29, 0.717) is 22.8 Å². The van der Waals surface area contributed by atoms with Crippen LogP contribution in [0.3, 0.4) is 0 Å². The minimum Gasteiger partial charge on any atom is -0.281 e. The van der Waals surface area contributed by atoms with E-state index in [0.717, 1.165) is 0 Å². The minimum absolute atomic E-state index is 0.161. The summed E-state index contributed by atoms with van der Waals surface area (Å²) in [5.74, 6) is 0. The molecule has 0 spiro atoms. The lowest BCUT2D eigenvalue weighted by atomic mass is 10.3. The molecule has 1 aliphatic rings. The zero-order valence-electron chi connectivity index (χ0n) is 7.76. The quantitative estimate of drug-likeness (QED) is 0.705. The molecule has 0 heterocycles. The van der Waals surface area contributed by atoms with Gasteiger partial charge in [0.2, 0.25) is 0 Å². The summed E-state index contributed by atoms with van der Waals surface area (Å²) in [5.41, 5.74) is 0.161. The molecule has 1 saturated carbocycles. The van der Waals surface area contributed by atoms with Crippen LogP contribution in [-0.4, -0.2) is 12.3 Å². The predicted molar refractivity (Wildman–Crippen MR) is 53.0 cm³/mol. The highest BCUT2D eigenvalue weighted by molar-refractivity contribution is 6.30. The number of nitrogens with zero attached hydrogens (tertiary/aromatic N) is 1. The maximum atomic E-state index is 12.7. The highest BCUT2D eigenvalue weighted by Gasteiger charge is 2.46. The Kier molecular flexibility index (Phi) is 2.54. The van der Waals surface area contributed by atoms with E-state index >= 15 is 0 Å². The first-order valence-corrected chi connectivity index (χ1v) is 4.98. The van der Waals surface area contributed by atoms with Crippen LogP contribution in [0.2, 0.25) is 5.02 Å². The summed E-state index contributed by atoms with van der Waals surface area (Å²) >= 11 is 5.63. The molecule has 1 fully saturated rings. The summed E-state index contributed by atoms with van der Waals surface area (Å²) < 4.78 is 38.1. The Bertz CT molecular complexity index is 343. The molecule has 0 radical (unpaired) electrons. The van der Waals surface area contributed by atoms with Gasteiger partial charge in [-0.1, -0.05) is 11.6 Å². The maximum absolute atomic E-state index is 12.7. The summed E-state index contributed by atoms with van der Waals surface area (Å²) in [6.45, 7) is 0. The summed E-state index contributed by atoms with van der Waals surface area (Å²) in [6.07, 6.45) is -3.11. The largest absolute Gasteiger partial charge is 0.485 e. The van der Waals surface area contributed by atoms with E-state index in [9.17, 15) is 13.2 Å². The van der Waals surface area contributed by atoms with Crippen molar-refractivity contribution in [3.8, 4) is 0 Å². The average molecular weight is 236 g/mol. The van der Waals surface area contributed by atoms with E-state index in [1.807, 2.05) is 0 Å². The maximum Gasteiger partial charge on any atom is 0.485 e. The molecule has 1 nitrogen and oxygen atoms in total. The highest BCUT2D eigenvalue weighted by atomic mass is 35.5. The van der Waals surface area contributed by atoms with Crippen molar-refractivity contribution in [1.82, 2.24) is 0 Å². The second-order valence-corrected chi connectivity index (χ2v) is 3.98. The van der Waals surface area contributed by atoms with Crippen LogP contribution in [0.4, 0.5) is 18.9 Å². The number of hydrogen-bond acceptors (Lipinski definition) is 1. The third-order valence-corrected chi connectivity index (χ3v) is 2.54. The van der Waals surface area contributed by atoms with Gasteiger partial charge in [0.05, 0.1) is 0 Å². The van der Waals surface area contributed by atoms with E-state index in [2.05, 4.69) is 0 Å². The molecule has 0 saturated heterocycles. The molecule has 5 heteroatoms. The molecule has 0 bridgehead atoms. The lowest BCUT2D eigenvalue weighted by Gasteiger charge is -2.26. The number of hydrogen-bond donors (Lipinski definition) is 0. The molecule has 2 rings (SSSR count). The zero-order chi connectivity index (χ0) is 11.1. The third kappa shape index (κ3) is 2.37. The van der Waals surface area contributed by atoms with Crippen LogP contribution < -0.4 is 4.90 Å². The molecule has 0 amide bonds. The van der Waals surface area contributed by atoms with Crippen LogP contribution in [0.25, 0.3) is 0 Å². The highest BCUT2D eigenvalue weighted by Crippen LogP contribution is 2.39. The molecule has 1 aliphatic carbocycles. The number of rotatable bonds is 2. The van der Waals surface area contributed by atoms with Gasteiger partial charge in [0.15, 0.2) is 0 Å². The molecule has 0 aromatic heterocycles. The second kappa shape index (κ2) is 3.59. The molecule has 82 valence electrons. The first-order valence-electron chi connectivity index (χ1n) is 4.60. The van der Waals surface area contributed by atoms with Gasteiger partial charge >= 0.3 is 6.30 Å². The van der Waals surface area contributed by atoms with Gasteiger partial charge in [-0.25, -0.2) is 0 Å². The average Bonchev–Trinajstić information content (AvgIpc) is 2.90. The number of halogens is 4. The van der Waals surface area contributed by atoms with Gasteiger partial charge in [-0.2, -0.15) is 13.2 Å². The zero-order valence-corrected chi connectivity index (χ0v) is 8.52. The molecule has 15 heavy (non-hydrogen) atoms. The van der Waals surface area contributed by atoms with Crippen molar-refractivity contribution in [3.63, 3.8) is 0 Å². The van der Waals surface area contributed by atoms with E-state index < -0.39 is 12.3 Å². The van der Waals surface area contributed by atoms with E-state index in [-0.39, 0.29) is 5.69 Å². The predicted octanol–water partition coefficient (Wildman–Crippen LogP) is 3.83. The minimum atomic E-state index is -4.31. The van der Waals surface area contributed by atoms with E-state index in [4.69, 9.17) is 11.6 Å². The smallest absolute Gasteiger partial charge is 0.281 e. The number of benzene rings is 1. The van der Waals surface area contributed by atoms with Crippen molar-refractivity contribution in [1.29, 1.82) is 0 Å². The van der Waals surface area contributed by atoms with Crippen molar-refractivity contribution < 1.29 is 13.2 Å². The van der Waals surface area contributed by atoms with Crippen molar-refractivity contribution >= 4 is 17.3 Å². The molecule has 0 N–H and O–H groups in total. The third-order valence-electron chi connectivity index (χ3n) is 2.29. The van der Waals surface area contributed by atoms with Crippen molar-refractivity contribution in [2.75, 3.05) is 4.90 Å². The molecule has 1 aromatic rings. The molecule has 0 unspecified atom stereocenters. The van der Waals surface area contributed by atoms with Crippen LogP contribution in [0.5, 0.6) is 0 Å². The molecule has 1 aromatic carbocycles. The standard InChI is InChI=1S/C10H9ClF3N/c11-7-1-3-8(4-2-7)15(9-5-6-9)10(12,13)14/h1-4,9H,5-6H2. The number of alkyl halides is 3. The first-order chi connectivity index (χ1) is 6.98. The Labute approximate surface area is 90.4 Å². The fourth-order valence-corrected chi connectivity index (χ4v) is 1.62. The second-order valence-electron chi connectivity index (χ2n) is 3.55. The Morgan fingerprint density at radius 1 is 1.13 bits per heavy atom. The molecular weight excluding hydrogens is 227 g/mol. The van der Waals surface area contributed by atoms with Gasteiger partial charge in [-0.05, 0) is 37.1 Å². The van der Waals surface area contributed by atoms with Crippen LogP contribution in [0.15, 0.2) is 24.3 Å². The van der Waals surface area contributed by atoms with Gasteiger partial charge in [0.1, 0.15) is 0 Å². The van der Waals surface area contributed by atoms with E-state index in [1.165, 1.54) is 24.3 Å². The summed E-state index contributed by atoms with van der Waals surface area (Å²) in [6, 6.07) is 5.34. The molecule has 0 aliphatic heterocycles.